The number of unbranched alkanes of at least 4 members (excludes halogenated alkanes) is 1. The summed E-state index contributed by atoms with van der Waals surface area (Å²) in [4.78, 5) is 2.54. The topological polar surface area (TPSA) is 39.1 Å². The van der Waals surface area contributed by atoms with Gasteiger partial charge in [-0.15, -0.1) is 0 Å². The molecular formula is C17H33N3. The number of hydrogen-bond donors (Lipinski definition) is 1. The normalized spacial score (nSPS) is 19.6. The smallest absolute Gasteiger partial charge is 0.122 e. The SMILES string of the molecule is CCCCN(CC(C#N)(NCCC)C1CC1)C(C)CC. The average molecular weight is 279 g/mol. The monoisotopic (exact) mass is 279 g/mol. The maximum Gasteiger partial charge on any atom is 0.122 e. The summed E-state index contributed by atoms with van der Waals surface area (Å²) in [6.45, 7) is 11.9. The summed E-state index contributed by atoms with van der Waals surface area (Å²) in [5, 5.41) is 13.4. The first-order valence-corrected chi connectivity index (χ1v) is 8.53. The standard InChI is InChI=1S/C17H33N3/c1-5-8-12-20(15(4)7-3)14-17(13-18,16-9-10-16)19-11-6-2/h15-16,19H,5-12,14H2,1-4H3. The first kappa shape index (κ1) is 17.5. The molecule has 0 bridgehead atoms. The van der Waals surface area contributed by atoms with Crippen LogP contribution >= 0.6 is 0 Å². The van der Waals surface area contributed by atoms with E-state index in [1.165, 1.54) is 25.7 Å². The second kappa shape index (κ2) is 8.64. The van der Waals surface area contributed by atoms with Gasteiger partial charge in [0, 0.05) is 12.6 Å². The van der Waals surface area contributed by atoms with Crippen LogP contribution in [0.5, 0.6) is 0 Å². The summed E-state index contributed by atoms with van der Waals surface area (Å²) in [6.07, 6.45) is 7.12. The number of rotatable bonds is 11. The van der Waals surface area contributed by atoms with E-state index in [9.17, 15) is 5.26 Å². The number of nitrogens with one attached hydrogen (secondary N) is 1. The second-order valence-electron chi connectivity index (χ2n) is 6.37. The molecule has 1 rings (SSSR count). The van der Waals surface area contributed by atoms with Crippen LogP contribution in [0.15, 0.2) is 0 Å². The third-order valence-corrected chi connectivity index (χ3v) is 4.63. The molecule has 0 amide bonds. The van der Waals surface area contributed by atoms with Crippen molar-refractivity contribution in [3.05, 3.63) is 0 Å². The summed E-state index contributed by atoms with van der Waals surface area (Å²) in [7, 11) is 0. The van der Waals surface area contributed by atoms with Crippen LogP contribution in [0.25, 0.3) is 0 Å². The Bertz CT molecular complexity index is 306. The predicted octanol–water partition coefficient (Wildman–Crippen LogP) is 3.56. The highest BCUT2D eigenvalue weighted by Crippen LogP contribution is 2.40. The highest BCUT2D eigenvalue weighted by atomic mass is 15.2. The first-order valence-electron chi connectivity index (χ1n) is 8.53. The molecule has 3 heteroatoms. The zero-order chi connectivity index (χ0) is 15.0. The van der Waals surface area contributed by atoms with E-state index >= 15 is 0 Å². The molecule has 20 heavy (non-hydrogen) atoms. The Hall–Kier alpha value is -0.590. The third-order valence-electron chi connectivity index (χ3n) is 4.63. The molecule has 0 aliphatic heterocycles. The zero-order valence-corrected chi connectivity index (χ0v) is 13.9. The predicted molar refractivity (Wildman–Crippen MR) is 85.6 cm³/mol. The van der Waals surface area contributed by atoms with Crippen molar-refractivity contribution in [2.45, 2.75) is 77.8 Å². The van der Waals surface area contributed by atoms with Crippen LogP contribution in [0.2, 0.25) is 0 Å². The minimum Gasteiger partial charge on any atom is -0.298 e. The molecular weight excluding hydrogens is 246 g/mol. The molecule has 0 heterocycles. The van der Waals surface area contributed by atoms with Gasteiger partial charge in [-0.2, -0.15) is 5.26 Å². The molecule has 3 nitrogen and oxygen atoms in total. The van der Waals surface area contributed by atoms with Crippen molar-refractivity contribution in [3.8, 4) is 6.07 Å². The lowest BCUT2D eigenvalue weighted by Crippen LogP contribution is -2.56. The summed E-state index contributed by atoms with van der Waals surface area (Å²) < 4.78 is 0. The van der Waals surface area contributed by atoms with Crippen LogP contribution in [0.4, 0.5) is 0 Å². The van der Waals surface area contributed by atoms with Crippen molar-refractivity contribution in [1.82, 2.24) is 10.2 Å². The van der Waals surface area contributed by atoms with Crippen LogP contribution in [0, 0.1) is 17.2 Å². The lowest BCUT2D eigenvalue weighted by molar-refractivity contribution is 0.147. The van der Waals surface area contributed by atoms with Crippen molar-refractivity contribution in [2.24, 2.45) is 5.92 Å². The van der Waals surface area contributed by atoms with E-state index in [1.54, 1.807) is 0 Å². The van der Waals surface area contributed by atoms with Gasteiger partial charge in [0.05, 0.1) is 6.07 Å². The fourth-order valence-corrected chi connectivity index (χ4v) is 2.81. The van der Waals surface area contributed by atoms with E-state index in [-0.39, 0.29) is 5.54 Å². The molecule has 0 saturated heterocycles. The van der Waals surface area contributed by atoms with E-state index in [4.69, 9.17) is 0 Å². The van der Waals surface area contributed by atoms with Gasteiger partial charge in [-0.1, -0.05) is 27.2 Å². The third kappa shape index (κ3) is 4.75. The van der Waals surface area contributed by atoms with Crippen molar-refractivity contribution in [3.63, 3.8) is 0 Å². The largest absolute Gasteiger partial charge is 0.298 e. The molecule has 1 aliphatic carbocycles. The van der Waals surface area contributed by atoms with Gasteiger partial charge in [-0.05, 0) is 58.0 Å². The fourth-order valence-electron chi connectivity index (χ4n) is 2.81. The van der Waals surface area contributed by atoms with E-state index in [0.717, 1.165) is 32.5 Å². The molecule has 2 atom stereocenters. The minimum atomic E-state index is -0.312. The Morgan fingerprint density at radius 1 is 1.30 bits per heavy atom. The van der Waals surface area contributed by atoms with Crippen LogP contribution in [0.3, 0.4) is 0 Å². The summed E-state index contributed by atoms with van der Waals surface area (Å²) in [5.74, 6) is 0.562. The Balaban J connectivity index is 2.75. The first-order chi connectivity index (χ1) is 9.63. The molecule has 0 aromatic heterocycles. The van der Waals surface area contributed by atoms with Gasteiger partial charge >= 0.3 is 0 Å². The molecule has 1 saturated carbocycles. The van der Waals surface area contributed by atoms with E-state index < -0.39 is 0 Å². The quantitative estimate of drug-likeness (QED) is 0.628. The van der Waals surface area contributed by atoms with E-state index in [2.05, 4.69) is 44.0 Å². The van der Waals surface area contributed by atoms with Crippen LogP contribution in [0.1, 0.15) is 66.2 Å². The van der Waals surface area contributed by atoms with Gasteiger partial charge in [0.2, 0.25) is 0 Å². The van der Waals surface area contributed by atoms with Crippen molar-refractivity contribution < 1.29 is 0 Å². The van der Waals surface area contributed by atoms with Crippen molar-refractivity contribution >= 4 is 0 Å². The molecule has 1 fully saturated rings. The van der Waals surface area contributed by atoms with Gasteiger partial charge in [0.25, 0.3) is 0 Å². The fraction of sp³-hybridized carbons (Fsp3) is 0.941. The number of hydrogen-bond acceptors (Lipinski definition) is 3. The number of nitriles is 1. The minimum absolute atomic E-state index is 0.312. The second-order valence-corrected chi connectivity index (χ2v) is 6.37. The van der Waals surface area contributed by atoms with Crippen LogP contribution in [-0.4, -0.2) is 36.1 Å². The highest BCUT2D eigenvalue weighted by molar-refractivity contribution is 5.17. The maximum atomic E-state index is 9.80. The van der Waals surface area contributed by atoms with Gasteiger partial charge < -0.3 is 0 Å². The molecule has 0 aromatic carbocycles. The van der Waals surface area contributed by atoms with E-state index in [0.29, 0.717) is 12.0 Å². The summed E-state index contributed by atoms with van der Waals surface area (Å²) in [6, 6.07) is 3.21. The molecule has 1 aliphatic rings. The van der Waals surface area contributed by atoms with Gasteiger partial charge in [-0.3, -0.25) is 10.2 Å². The van der Waals surface area contributed by atoms with Crippen molar-refractivity contribution in [1.29, 1.82) is 5.26 Å². The number of nitrogens with zero attached hydrogens (tertiary/aromatic N) is 2. The lowest BCUT2D eigenvalue weighted by atomic mass is 9.92. The Morgan fingerprint density at radius 3 is 2.45 bits per heavy atom. The molecule has 2 unspecified atom stereocenters. The Kier molecular flexibility index (Phi) is 7.55. The lowest BCUT2D eigenvalue weighted by Gasteiger charge is -2.37. The van der Waals surface area contributed by atoms with Crippen LogP contribution < -0.4 is 5.32 Å². The molecule has 1 N–H and O–H groups in total. The van der Waals surface area contributed by atoms with Gasteiger partial charge in [0.15, 0.2) is 0 Å². The van der Waals surface area contributed by atoms with E-state index in [1.807, 2.05) is 0 Å². The molecule has 0 spiro atoms. The maximum absolute atomic E-state index is 9.80. The average Bonchev–Trinajstić information content (AvgIpc) is 3.31. The van der Waals surface area contributed by atoms with Crippen LogP contribution in [-0.2, 0) is 0 Å². The molecule has 0 aromatic rings. The summed E-state index contributed by atoms with van der Waals surface area (Å²) in [5.41, 5.74) is -0.312. The molecule has 0 radical (unpaired) electrons. The van der Waals surface area contributed by atoms with Gasteiger partial charge in [0.1, 0.15) is 5.54 Å². The Morgan fingerprint density at radius 2 is 2.00 bits per heavy atom. The highest BCUT2D eigenvalue weighted by Gasteiger charge is 2.46. The zero-order valence-electron chi connectivity index (χ0n) is 13.9. The summed E-state index contributed by atoms with van der Waals surface area (Å²) >= 11 is 0. The Labute approximate surface area is 125 Å². The van der Waals surface area contributed by atoms with Gasteiger partial charge in [-0.25, -0.2) is 0 Å². The molecule has 116 valence electrons. The van der Waals surface area contributed by atoms with Crippen molar-refractivity contribution in [2.75, 3.05) is 19.6 Å².